The number of hydrogen-bond donors (Lipinski definition) is 0. The van der Waals surface area contributed by atoms with Crippen molar-refractivity contribution >= 4 is 0 Å². The molecule has 0 unspecified atom stereocenters. The van der Waals surface area contributed by atoms with Gasteiger partial charge >= 0.3 is 0 Å². The molecule has 0 saturated heterocycles. The maximum Gasteiger partial charge on any atom is 0.0989 e. The summed E-state index contributed by atoms with van der Waals surface area (Å²) in [5.74, 6) is 0. The highest BCUT2D eigenvalue weighted by Crippen LogP contribution is 2.02. The summed E-state index contributed by atoms with van der Waals surface area (Å²) < 4.78 is 0. The fraction of sp³-hybridized carbons (Fsp3) is 0.286. The average Bonchev–Trinajstić information content (AvgIpc) is 1.90. The highest BCUT2D eigenvalue weighted by molar-refractivity contribution is 5.34. The van der Waals surface area contributed by atoms with Crippen LogP contribution in [-0.2, 0) is 0 Å². The van der Waals surface area contributed by atoms with Crippen LogP contribution in [0.1, 0.15) is 0 Å². The number of rotatable bonds is 0. The molecular formula is C7H8N2. The smallest absolute Gasteiger partial charge is 0.0989 e. The van der Waals surface area contributed by atoms with Gasteiger partial charge in [-0.2, -0.15) is 5.26 Å². The summed E-state index contributed by atoms with van der Waals surface area (Å²) in [6, 6.07) is 2.07. The Kier molecular flexibility index (Phi) is 1.55. The first kappa shape index (κ1) is 5.90. The standard InChI is InChI=1S/C7H8N2/c1-9-4-2-7(6-8)3-5-9/h2-4H,5H2,1H3. The first-order valence-electron chi connectivity index (χ1n) is 2.81. The van der Waals surface area contributed by atoms with E-state index in [1.807, 2.05) is 30.3 Å². The third-order valence-corrected chi connectivity index (χ3v) is 1.24. The molecule has 0 aliphatic carbocycles. The third kappa shape index (κ3) is 1.33. The topological polar surface area (TPSA) is 27.0 Å². The summed E-state index contributed by atoms with van der Waals surface area (Å²) in [5, 5.41) is 8.39. The molecule has 9 heavy (non-hydrogen) atoms. The number of likely N-dealkylation sites (N-methyl/N-ethyl adjacent to an activating group) is 1. The van der Waals surface area contributed by atoms with Crippen LogP contribution in [0.15, 0.2) is 23.9 Å². The van der Waals surface area contributed by atoms with Crippen molar-refractivity contribution < 1.29 is 0 Å². The van der Waals surface area contributed by atoms with Crippen LogP contribution in [0, 0.1) is 11.3 Å². The van der Waals surface area contributed by atoms with Crippen LogP contribution >= 0.6 is 0 Å². The van der Waals surface area contributed by atoms with E-state index in [0.29, 0.717) is 0 Å². The molecule has 0 aromatic heterocycles. The van der Waals surface area contributed by atoms with Crippen LogP contribution in [0.3, 0.4) is 0 Å². The van der Waals surface area contributed by atoms with Gasteiger partial charge in [0.05, 0.1) is 11.6 Å². The predicted octanol–water partition coefficient (Wildman–Crippen LogP) is 0.895. The molecule has 2 heteroatoms. The van der Waals surface area contributed by atoms with Crippen molar-refractivity contribution in [2.24, 2.45) is 0 Å². The van der Waals surface area contributed by atoms with Crippen molar-refractivity contribution in [2.45, 2.75) is 0 Å². The molecule has 0 amide bonds. The lowest BCUT2D eigenvalue weighted by Crippen LogP contribution is -2.12. The van der Waals surface area contributed by atoms with Gasteiger partial charge in [-0.1, -0.05) is 0 Å². The quantitative estimate of drug-likeness (QED) is 0.474. The molecule has 1 heterocycles. The van der Waals surface area contributed by atoms with Crippen molar-refractivity contribution in [3.63, 3.8) is 0 Å². The first-order valence-corrected chi connectivity index (χ1v) is 2.81. The number of hydrogen-bond acceptors (Lipinski definition) is 2. The summed E-state index contributed by atoms with van der Waals surface area (Å²) in [6.07, 6.45) is 5.61. The molecule has 0 atom stereocenters. The third-order valence-electron chi connectivity index (χ3n) is 1.24. The molecule has 0 aromatic rings. The lowest BCUT2D eigenvalue weighted by molar-refractivity contribution is 0.503. The van der Waals surface area contributed by atoms with E-state index in [-0.39, 0.29) is 0 Å². The Bertz CT molecular complexity index is 195. The summed E-state index contributed by atoms with van der Waals surface area (Å²) in [5.41, 5.74) is 0.758. The van der Waals surface area contributed by atoms with Crippen molar-refractivity contribution in [2.75, 3.05) is 13.6 Å². The van der Waals surface area contributed by atoms with E-state index >= 15 is 0 Å². The van der Waals surface area contributed by atoms with Gasteiger partial charge in [-0.3, -0.25) is 0 Å². The van der Waals surface area contributed by atoms with E-state index in [9.17, 15) is 0 Å². The normalized spacial score (nSPS) is 16.9. The molecule has 1 aliphatic rings. The first-order chi connectivity index (χ1) is 4.33. The average molecular weight is 120 g/mol. The molecule has 0 spiro atoms. The Labute approximate surface area is 54.7 Å². The number of allylic oxidation sites excluding steroid dienone is 2. The molecule has 0 bridgehead atoms. The molecular weight excluding hydrogens is 112 g/mol. The van der Waals surface area contributed by atoms with Crippen molar-refractivity contribution in [1.82, 2.24) is 4.90 Å². The van der Waals surface area contributed by atoms with E-state index in [0.717, 1.165) is 12.1 Å². The van der Waals surface area contributed by atoms with Crippen molar-refractivity contribution in [3.05, 3.63) is 23.9 Å². The Balaban J connectivity index is 2.66. The van der Waals surface area contributed by atoms with Gasteiger partial charge in [0.15, 0.2) is 0 Å². The molecule has 0 radical (unpaired) electrons. The SMILES string of the molecule is CN1C=CC(C#N)=CC1. The molecule has 0 aromatic carbocycles. The summed E-state index contributed by atoms with van der Waals surface area (Å²) >= 11 is 0. The second-order valence-electron chi connectivity index (χ2n) is 2.03. The Morgan fingerprint density at radius 3 is 3.00 bits per heavy atom. The molecule has 0 N–H and O–H groups in total. The van der Waals surface area contributed by atoms with Gasteiger partial charge in [-0.25, -0.2) is 0 Å². The van der Waals surface area contributed by atoms with Gasteiger partial charge in [0.2, 0.25) is 0 Å². The minimum atomic E-state index is 0.758. The van der Waals surface area contributed by atoms with Crippen molar-refractivity contribution in [1.29, 1.82) is 5.26 Å². The van der Waals surface area contributed by atoms with E-state index in [2.05, 4.69) is 6.07 Å². The second-order valence-corrected chi connectivity index (χ2v) is 2.03. The Morgan fingerprint density at radius 2 is 2.56 bits per heavy atom. The van der Waals surface area contributed by atoms with E-state index in [4.69, 9.17) is 5.26 Å². The van der Waals surface area contributed by atoms with E-state index < -0.39 is 0 Å². The number of nitriles is 1. The zero-order valence-electron chi connectivity index (χ0n) is 5.33. The molecule has 46 valence electrons. The van der Waals surface area contributed by atoms with E-state index in [1.165, 1.54) is 0 Å². The van der Waals surface area contributed by atoms with Crippen LogP contribution in [0.4, 0.5) is 0 Å². The van der Waals surface area contributed by atoms with E-state index in [1.54, 1.807) is 0 Å². The van der Waals surface area contributed by atoms with Crippen LogP contribution in [0.2, 0.25) is 0 Å². The van der Waals surface area contributed by atoms with Gasteiger partial charge in [0.1, 0.15) is 0 Å². The van der Waals surface area contributed by atoms with Gasteiger partial charge < -0.3 is 4.90 Å². The fourth-order valence-corrected chi connectivity index (χ4v) is 0.662. The van der Waals surface area contributed by atoms with Crippen LogP contribution in [0.25, 0.3) is 0 Å². The van der Waals surface area contributed by atoms with Gasteiger partial charge in [0.25, 0.3) is 0 Å². The monoisotopic (exact) mass is 120 g/mol. The lowest BCUT2D eigenvalue weighted by atomic mass is 10.2. The largest absolute Gasteiger partial charge is 0.377 e. The second kappa shape index (κ2) is 2.36. The lowest BCUT2D eigenvalue weighted by Gasteiger charge is -2.13. The summed E-state index contributed by atoms with van der Waals surface area (Å²) in [4.78, 5) is 2.01. The Hall–Kier alpha value is -1.23. The minimum absolute atomic E-state index is 0.758. The molecule has 1 rings (SSSR count). The highest BCUT2D eigenvalue weighted by atomic mass is 15.1. The van der Waals surface area contributed by atoms with Gasteiger partial charge in [-0.15, -0.1) is 0 Å². The predicted molar refractivity (Wildman–Crippen MR) is 35.5 cm³/mol. The van der Waals surface area contributed by atoms with Gasteiger partial charge in [-0.05, 0) is 12.2 Å². The zero-order valence-corrected chi connectivity index (χ0v) is 5.33. The molecule has 1 aliphatic heterocycles. The maximum atomic E-state index is 8.39. The molecule has 2 nitrogen and oxygen atoms in total. The van der Waals surface area contributed by atoms with Crippen LogP contribution in [0.5, 0.6) is 0 Å². The Morgan fingerprint density at radius 1 is 1.78 bits per heavy atom. The molecule has 0 fully saturated rings. The van der Waals surface area contributed by atoms with Crippen molar-refractivity contribution in [3.8, 4) is 6.07 Å². The summed E-state index contributed by atoms with van der Waals surface area (Å²) in [6.45, 7) is 0.847. The van der Waals surface area contributed by atoms with Crippen LogP contribution < -0.4 is 0 Å². The van der Waals surface area contributed by atoms with Gasteiger partial charge in [0, 0.05) is 19.8 Å². The maximum absolute atomic E-state index is 8.39. The minimum Gasteiger partial charge on any atom is -0.377 e. The molecule has 0 saturated carbocycles. The fourth-order valence-electron chi connectivity index (χ4n) is 0.662. The summed E-state index contributed by atoms with van der Waals surface area (Å²) in [7, 11) is 1.97. The van der Waals surface area contributed by atoms with Crippen LogP contribution in [-0.4, -0.2) is 18.5 Å². The zero-order chi connectivity index (χ0) is 6.69. The number of nitrogens with zero attached hydrogens (tertiary/aromatic N) is 2. The highest BCUT2D eigenvalue weighted by Gasteiger charge is 1.96.